The van der Waals surface area contributed by atoms with E-state index in [2.05, 4.69) is 52.3 Å². The van der Waals surface area contributed by atoms with Crippen LogP contribution in [0.1, 0.15) is 40.2 Å². The van der Waals surface area contributed by atoms with Gasteiger partial charge in [-0.2, -0.15) is 0 Å². The molecule has 0 fully saturated rings. The van der Waals surface area contributed by atoms with E-state index in [9.17, 15) is 4.79 Å². The third-order valence-electron chi connectivity index (χ3n) is 5.04. The van der Waals surface area contributed by atoms with Gasteiger partial charge in [0.2, 0.25) is 0 Å². The van der Waals surface area contributed by atoms with Crippen LogP contribution in [0.4, 0.5) is 0 Å². The Kier molecular flexibility index (Phi) is 4.85. The van der Waals surface area contributed by atoms with Gasteiger partial charge in [-0.3, -0.25) is 4.79 Å². The minimum Gasteiger partial charge on any atom is -0.289 e. The van der Waals surface area contributed by atoms with Gasteiger partial charge < -0.3 is 0 Å². The largest absolute Gasteiger partial charge is 0.289 e. The number of hydrogen-bond acceptors (Lipinski definition) is 1. The average Bonchev–Trinajstić information content (AvgIpc) is 3.15. The molecule has 0 amide bonds. The number of halogens is 1. The maximum Gasteiger partial charge on any atom is 0.189 e. The molecule has 1 nitrogen and oxygen atoms in total. The second-order valence-corrected chi connectivity index (χ2v) is 7.59. The number of carbonyl (C=O) groups is 1. The highest BCUT2D eigenvalue weighted by molar-refractivity contribution is 9.10. The van der Waals surface area contributed by atoms with Crippen LogP contribution in [0.25, 0.3) is 5.57 Å². The van der Waals surface area contributed by atoms with Crippen molar-refractivity contribution >= 4 is 27.3 Å². The fourth-order valence-electron chi connectivity index (χ4n) is 3.71. The standard InChI is InChI=1S/C24H19BrO/c25-21-13-11-19(12-14-21)24(26)23-16-20(17-7-3-1-4-8-17)15-22(23)18-9-5-2-6-10-18/h1-14,20H,15-16H2/t20-/m1/s1. The molecule has 0 aromatic heterocycles. The van der Waals surface area contributed by atoms with E-state index in [-0.39, 0.29) is 5.78 Å². The molecule has 3 aromatic carbocycles. The van der Waals surface area contributed by atoms with E-state index in [0.717, 1.165) is 34.0 Å². The van der Waals surface area contributed by atoms with E-state index in [1.165, 1.54) is 11.1 Å². The first kappa shape index (κ1) is 17.0. The Morgan fingerprint density at radius 1 is 0.769 bits per heavy atom. The Balaban J connectivity index is 1.73. The zero-order valence-corrected chi connectivity index (χ0v) is 15.9. The minimum atomic E-state index is 0.148. The van der Waals surface area contributed by atoms with Crippen molar-refractivity contribution in [3.05, 3.63) is 112 Å². The van der Waals surface area contributed by atoms with Gasteiger partial charge in [0.25, 0.3) is 0 Å². The van der Waals surface area contributed by atoms with Crippen molar-refractivity contribution in [2.75, 3.05) is 0 Å². The number of rotatable bonds is 4. The maximum atomic E-state index is 13.2. The summed E-state index contributed by atoms with van der Waals surface area (Å²) in [7, 11) is 0. The summed E-state index contributed by atoms with van der Waals surface area (Å²) < 4.78 is 0.986. The zero-order chi connectivity index (χ0) is 17.9. The Morgan fingerprint density at radius 3 is 2.04 bits per heavy atom. The van der Waals surface area contributed by atoms with Gasteiger partial charge in [0.1, 0.15) is 0 Å². The highest BCUT2D eigenvalue weighted by atomic mass is 79.9. The molecule has 0 unspecified atom stereocenters. The molecule has 3 aromatic rings. The molecule has 26 heavy (non-hydrogen) atoms. The Bertz CT molecular complexity index is 941. The SMILES string of the molecule is O=C(C1=C(c2ccccc2)C[C@@H](c2ccccc2)C1)c1ccc(Br)cc1. The van der Waals surface area contributed by atoms with Crippen LogP contribution in [-0.2, 0) is 0 Å². The van der Waals surface area contributed by atoms with Crippen molar-refractivity contribution in [1.29, 1.82) is 0 Å². The lowest BCUT2D eigenvalue weighted by Crippen LogP contribution is -2.04. The van der Waals surface area contributed by atoms with Crippen LogP contribution in [0.2, 0.25) is 0 Å². The van der Waals surface area contributed by atoms with Crippen LogP contribution in [-0.4, -0.2) is 5.78 Å². The smallest absolute Gasteiger partial charge is 0.189 e. The number of benzene rings is 3. The van der Waals surface area contributed by atoms with Crippen LogP contribution in [0, 0.1) is 0 Å². The fraction of sp³-hybridized carbons (Fsp3) is 0.125. The van der Waals surface area contributed by atoms with Gasteiger partial charge in [-0.05, 0) is 59.7 Å². The van der Waals surface area contributed by atoms with Crippen molar-refractivity contribution in [2.24, 2.45) is 0 Å². The van der Waals surface area contributed by atoms with E-state index < -0.39 is 0 Å². The molecule has 1 aliphatic carbocycles. The Labute approximate surface area is 162 Å². The van der Waals surface area contributed by atoms with Crippen molar-refractivity contribution in [1.82, 2.24) is 0 Å². The highest BCUT2D eigenvalue weighted by Crippen LogP contribution is 2.44. The molecule has 1 aliphatic rings. The van der Waals surface area contributed by atoms with Gasteiger partial charge in [0.05, 0.1) is 0 Å². The van der Waals surface area contributed by atoms with E-state index in [1.54, 1.807) is 0 Å². The second-order valence-electron chi connectivity index (χ2n) is 6.68. The Hall–Kier alpha value is -2.45. The number of allylic oxidation sites excluding steroid dienone is 2. The number of ketones is 1. The zero-order valence-electron chi connectivity index (χ0n) is 14.4. The molecule has 0 N–H and O–H groups in total. The fourth-order valence-corrected chi connectivity index (χ4v) is 3.97. The average molecular weight is 403 g/mol. The van der Waals surface area contributed by atoms with Gasteiger partial charge in [0, 0.05) is 15.6 Å². The summed E-state index contributed by atoms with van der Waals surface area (Å²) >= 11 is 3.44. The summed E-state index contributed by atoms with van der Waals surface area (Å²) in [4.78, 5) is 13.2. The normalized spacial score (nSPS) is 16.7. The lowest BCUT2D eigenvalue weighted by molar-refractivity contribution is 0.103. The summed E-state index contributed by atoms with van der Waals surface area (Å²) in [6.07, 6.45) is 1.70. The third-order valence-corrected chi connectivity index (χ3v) is 5.57. The van der Waals surface area contributed by atoms with E-state index in [0.29, 0.717) is 5.92 Å². The topological polar surface area (TPSA) is 17.1 Å². The monoisotopic (exact) mass is 402 g/mol. The van der Waals surface area contributed by atoms with Crippen LogP contribution in [0.15, 0.2) is 95.0 Å². The van der Waals surface area contributed by atoms with Gasteiger partial charge >= 0.3 is 0 Å². The van der Waals surface area contributed by atoms with E-state index >= 15 is 0 Å². The molecule has 0 spiro atoms. The molecule has 0 saturated carbocycles. The molecule has 2 heteroatoms. The van der Waals surface area contributed by atoms with E-state index in [4.69, 9.17) is 0 Å². The Morgan fingerprint density at radius 2 is 1.38 bits per heavy atom. The molecule has 0 heterocycles. The van der Waals surface area contributed by atoms with Crippen LogP contribution >= 0.6 is 15.9 Å². The first-order valence-corrected chi connectivity index (χ1v) is 9.64. The van der Waals surface area contributed by atoms with Gasteiger partial charge in [-0.1, -0.05) is 76.6 Å². The maximum absolute atomic E-state index is 13.2. The van der Waals surface area contributed by atoms with Crippen LogP contribution in [0.3, 0.4) is 0 Å². The minimum absolute atomic E-state index is 0.148. The predicted octanol–water partition coefficient (Wildman–Crippen LogP) is 6.66. The van der Waals surface area contributed by atoms with Crippen LogP contribution < -0.4 is 0 Å². The molecular weight excluding hydrogens is 384 g/mol. The molecule has 0 bridgehead atoms. The number of carbonyl (C=O) groups excluding carboxylic acids is 1. The molecule has 4 rings (SSSR count). The van der Waals surface area contributed by atoms with Crippen molar-refractivity contribution in [2.45, 2.75) is 18.8 Å². The van der Waals surface area contributed by atoms with E-state index in [1.807, 2.05) is 48.5 Å². The summed E-state index contributed by atoms with van der Waals surface area (Å²) in [6, 6.07) is 28.5. The third kappa shape index (κ3) is 3.42. The molecule has 0 saturated heterocycles. The first-order chi connectivity index (χ1) is 12.7. The van der Waals surface area contributed by atoms with Gasteiger partial charge in [-0.15, -0.1) is 0 Å². The van der Waals surface area contributed by atoms with Crippen molar-refractivity contribution < 1.29 is 4.79 Å². The summed E-state index contributed by atoms with van der Waals surface area (Å²) in [5.41, 5.74) is 5.36. The molecule has 0 radical (unpaired) electrons. The molecule has 128 valence electrons. The number of hydrogen-bond donors (Lipinski definition) is 0. The second kappa shape index (κ2) is 7.43. The quantitative estimate of drug-likeness (QED) is 0.445. The lowest BCUT2D eigenvalue weighted by Gasteiger charge is -2.10. The molecule has 1 atom stereocenters. The lowest BCUT2D eigenvalue weighted by atomic mass is 9.94. The highest BCUT2D eigenvalue weighted by Gasteiger charge is 2.30. The van der Waals surface area contributed by atoms with Crippen LogP contribution in [0.5, 0.6) is 0 Å². The molecule has 0 aliphatic heterocycles. The predicted molar refractivity (Wildman–Crippen MR) is 110 cm³/mol. The van der Waals surface area contributed by atoms with Gasteiger partial charge in [0.15, 0.2) is 5.78 Å². The number of Topliss-reactive ketones (excluding diaryl/α,β-unsaturated/α-hetero) is 1. The summed E-state index contributed by atoms with van der Waals surface area (Å²) in [5.74, 6) is 0.510. The van der Waals surface area contributed by atoms with Gasteiger partial charge in [-0.25, -0.2) is 0 Å². The summed E-state index contributed by atoms with van der Waals surface area (Å²) in [5, 5.41) is 0. The van der Waals surface area contributed by atoms with Crippen molar-refractivity contribution in [3.63, 3.8) is 0 Å². The van der Waals surface area contributed by atoms with Crippen molar-refractivity contribution in [3.8, 4) is 0 Å². The first-order valence-electron chi connectivity index (χ1n) is 8.85. The molecular formula is C24H19BrO. The summed E-state index contributed by atoms with van der Waals surface area (Å²) in [6.45, 7) is 0.